The van der Waals surface area contributed by atoms with Crippen molar-refractivity contribution in [3.8, 4) is 11.3 Å². The Kier molecular flexibility index (Phi) is 3.53. The Morgan fingerprint density at radius 1 is 0.923 bits per heavy atom. The molecule has 128 valence electrons. The standard InChI is InChI=1S/C21H18N4O/c26-11-15-10-18(17-9-5-4-8-16(15)17)25-13-24-20-19(22-12-23-21(20)25)14-6-2-1-3-7-14/h1-9,12-13,15,18,26H,10-11H2/t15-,18-/m1/s1. The lowest BCUT2D eigenvalue weighted by Crippen LogP contribution is -2.08. The van der Waals surface area contributed by atoms with Gasteiger partial charge in [-0.05, 0) is 17.5 Å². The largest absolute Gasteiger partial charge is 0.396 e. The molecule has 1 aliphatic rings. The Labute approximate surface area is 151 Å². The van der Waals surface area contributed by atoms with Crippen LogP contribution in [-0.4, -0.2) is 31.2 Å². The van der Waals surface area contributed by atoms with E-state index in [9.17, 15) is 5.11 Å². The number of aromatic nitrogens is 4. The summed E-state index contributed by atoms with van der Waals surface area (Å²) in [6, 6.07) is 18.5. The van der Waals surface area contributed by atoms with Crippen molar-refractivity contribution in [3.63, 3.8) is 0 Å². The van der Waals surface area contributed by atoms with Gasteiger partial charge in [-0.1, -0.05) is 54.6 Å². The van der Waals surface area contributed by atoms with E-state index >= 15 is 0 Å². The number of hydrogen-bond donors (Lipinski definition) is 1. The highest BCUT2D eigenvalue weighted by atomic mass is 16.3. The van der Waals surface area contributed by atoms with Crippen molar-refractivity contribution in [2.75, 3.05) is 6.61 Å². The number of aliphatic hydroxyl groups is 1. The number of nitrogens with zero attached hydrogens (tertiary/aromatic N) is 4. The Morgan fingerprint density at radius 3 is 2.50 bits per heavy atom. The van der Waals surface area contributed by atoms with E-state index in [0.29, 0.717) is 0 Å². The number of fused-ring (bicyclic) bond motifs is 2. The number of imidazole rings is 1. The molecule has 0 aliphatic heterocycles. The van der Waals surface area contributed by atoms with Crippen LogP contribution >= 0.6 is 0 Å². The van der Waals surface area contributed by atoms with Gasteiger partial charge in [-0.2, -0.15) is 0 Å². The number of benzene rings is 2. The third-order valence-corrected chi connectivity index (χ3v) is 5.26. The molecule has 0 saturated heterocycles. The normalized spacial score (nSPS) is 19.0. The molecular weight excluding hydrogens is 324 g/mol. The molecule has 1 N–H and O–H groups in total. The fraction of sp³-hybridized carbons (Fsp3) is 0.190. The van der Waals surface area contributed by atoms with E-state index in [1.807, 2.05) is 42.7 Å². The average Bonchev–Trinajstić information content (AvgIpc) is 3.29. The van der Waals surface area contributed by atoms with E-state index in [2.05, 4.69) is 37.7 Å². The van der Waals surface area contributed by atoms with Crippen LogP contribution in [0.25, 0.3) is 22.4 Å². The highest BCUT2D eigenvalue weighted by Gasteiger charge is 2.32. The lowest BCUT2D eigenvalue weighted by molar-refractivity contribution is 0.259. The molecule has 2 aromatic carbocycles. The summed E-state index contributed by atoms with van der Waals surface area (Å²) in [4.78, 5) is 13.6. The first-order valence-corrected chi connectivity index (χ1v) is 8.79. The monoisotopic (exact) mass is 342 g/mol. The number of rotatable bonds is 3. The molecule has 0 amide bonds. The molecular formula is C21H18N4O. The predicted molar refractivity (Wildman–Crippen MR) is 99.8 cm³/mol. The second-order valence-electron chi connectivity index (χ2n) is 6.67. The second kappa shape index (κ2) is 6.04. The predicted octanol–water partition coefficient (Wildman–Crippen LogP) is 3.56. The van der Waals surface area contributed by atoms with Gasteiger partial charge >= 0.3 is 0 Å². The van der Waals surface area contributed by atoms with Crippen LogP contribution < -0.4 is 0 Å². The first-order valence-electron chi connectivity index (χ1n) is 8.79. The first kappa shape index (κ1) is 15.2. The van der Waals surface area contributed by atoms with Gasteiger partial charge in [-0.25, -0.2) is 15.0 Å². The van der Waals surface area contributed by atoms with Gasteiger partial charge in [-0.3, -0.25) is 0 Å². The van der Waals surface area contributed by atoms with Gasteiger partial charge in [0.2, 0.25) is 0 Å². The van der Waals surface area contributed by atoms with E-state index in [-0.39, 0.29) is 18.6 Å². The summed E-state index contributed by atoms with van der Waals surface area (Å²) in [5.74, 6) is 0.157. The lowest BCUT2D eigenvalue weighted by atomic mass is 10.0. The zero-order valence-electron chi connectivity index (χ0n) is 14.2. The molecule has 0 fully saturated rings. The van der Waals surface area contributed by atoms with E-state index in [1.165, 1.54) is 11.1 Å². The van der Waals surface area contributed by atoms with E-state index in [1.54, 1.807) is 6.33 Å². The van der Waals surface area contributed by atoms with Gasteiger partial charge in [0, 0.05) is 11.5 Å². The van der Waals surface area contributed by atoms with Crippen molar-refractivity contribution >= 4 is 11.2 Å². The van der Waals surface area contributed by atoms with Crippen LogP contribution in [0.3, 0.4) is 0 Å². The summed E-state index contributed by atoms with van der Waals surface area (Å²) in [6.07, 6.45) is 4.31. The van der Waals surface area contributed by atoms with Crippen LogP contribution in [0.1, 0.15) is 29.5 Å². The minimum atomic E-state index is 0.131. The van der Waals surface area contributed by atoms with Crippen molar-refractivity contribution < 1.29 is 5.11 Å². The summed E-state index contributed by atoms with van der Waals surface area (Å²) < 4.78 is 2.12. The van der Waals surface area contributed by atoms with Crippen molar-refractivity contribution in [2.45, 2.75) is 18.4 Å². The minimum Gasteiger partial charge on any atom is -0.396 e. The van der Waals surface area contributed by atoms with Gasteiger partial charge in [0.25, 0.3) is 0 Å². The third-order valence-electron chi connectivity index (χ3n) is 5.26. The SMILES string of the molecule is OC[C@H]1C[C@@H](n2cnc3c(-c4ccccc4)ncnc32)c2ccccc21. The van der Waals surface area contributed by atoms with Gasteiger partial charge < -0.3 is 9.67 Å². The van der Waals surface area contributed by atoms with E-state index < -0.39 is 0 Å². The molecule has 2 heterocycles. The Bertz CT molecular complexity index is 1070. The molecule has 0 unspecified atom stereocenters. The zero-order valence-corrected chi connectivity index (χ0v) is 14.2. The highest BCUT2D eigenvalue weighted by Crippen LogP contribution is 2.43. The maximum absolute atomic E-state index is 9.78. The lowest BCUT2D eigenvalue weighted by Gasteiger charge is -2.14. The number of aliphatic hydroxyl groups excluding tert-OH is 1. The molecule has 0 bridgehead atoms. The maximum Gasteiger partial charge on any atom is 0.164 e. The van der Waals surface area contributed by atoms with Gasteiger partial charge in [0.05, 0.1) is 19.0 Å². The maximum atomic E-state index is 9.78. The summed E-state index contributed by atoms with van der Waals surface area (Å²) in [5.41, 5.74) is 5.98. The minimum absolute atomic E-state index is 0.131. The topological polar surface area (TPSA) is 63.8 Å². The van der Waals surface area contributed by atoms with Crippen molar-refractivity contribution in [2.24, 2.45) is 0 Å². The molecule has 5 nitrogen and oxygen atoms in total. The van der Waals surface area contributed by atoms with E-state index in [0.717, 1.165) is 28.8 Å². The fourth-order valence-electron chi connectivity index (χ4n) is 4.03. The van der Waals surface area contributed by atoms with Crippen LogP contribution in [0, 0.1) is 0 Å². The molecule has 5 heteroatoms. The Morgan fingerprint density at radius 2 is 1.69 bits per heavy atom. The second-order valence-corrected chi connectivity index (χ2v) is 6.67. The third kappa shape index (κ3) is 2.24. The van der Waals surface area contributed by atoms with Crippen LogP contribution in [-0.2, 0) is 0 Å². The molecule has 4 aromatic rings. The Hall–Kier alpha value is -3.05. The molecule has 26 heavy (non-hydrogen) atoms. The van der Waals surface area contributed by atoms with Crippen LogP contribution in [0.5, 0.6) is 0 Å². The zero-order chi connectivity index (χ0) is 17.5. The first-order chi connectivity index (χ1) is 12.9. The van der Waals surface area contributed by atoms with Crippen molar-refractivity contribution in [1.29, 1.82) is 0 Å². The molecule has 0 spiro atoms. The summed E-state index contributed by atoms with van der Waals surface area (Å²) in [6.45, 7) is 0.157. The quantitative estimate of drug-likeness (QED) is 0.618. The number of hydrogen-bond acceptors (Lipinski definition) is 4. The molecule has 0 radical (unpaired) electrons. The molecule has 1 aliphatic carbocycles. The van der Waals surface area contributed by atoms with Crippen LogP contribution in [0.15, 0.2) is 67.3 Å². The molecule has 2 atom stereocenters. The van der Waals surface area contributed by atoms with Gasteiger partial charge in [0.1, 0.15) is 17.5 Å². The average molecular weight is 342 g/mol. The smallest absolute Gasteiger partial charge is 0.164 e. The summed E-state index contributed by atoms with van der Waals surface area (Å²) >= 11 is 0. The molecule has 5 rings (SSSR count). The molecule has 2 aromatic heterocycles. The van der Waals surface area contributed by atoms with Crippen LogP contribution in [0.2, 0.25) is 0 Å². The van der Waals surface area contributed by atoms with Gasteiger partial charge in [0.15, 0.2) is 5.65 Å². The summed E-state index contributed by atoms with van der Waals surface area (Å²) in [7, 11) is 0. The Balaban J connectivity index is 1.66. The van der Waals surface area contributed by atoms with Crippen molar-refractivity contribution in [3.05, 3.63) is 78.4 Å². The van der Waals surface area contributed by atoms with E-state index in [4.69, 9.17) is 0 Å². The fourth-order valence-corrected chi connectivity index (χ4v) is 4.03. The molecule has 0 saturated carbocycles. The van der Waals surface area contributed by atoms with Gasteiger partial charge in [-0.15, -0.1) is 0 Å². The highest BCUT2D eigenvalue weighted by molar-refractivity contribution is 5.87. The summed E-state index contributed by atoms with van der Waals surface area (Å²) in [5, 5.41) is 9.78. The van der Waals surface area contributed by atoms with Crippen LogP contribution in [0.4, 0.5) is 0 Å². The van der Waals surface area contributed by atoms with Crippen molar-refractivity contribution in [1.82, 2.24) is 19.5 Å².